The maximum absolute atomic E-state index is 14.2. The van der Waals surface area contributed by atoms with Crippen LogP contribution in [0.4, 0.5) is 11.4 Å². The van der Waals surface area contributed by atoms with Gasteiger partial charge in [-0.1, -0.05) is 48.5 Å². The number of nitrogens with zero attached hydrogens (tertiary/aromatic N) is 4. The minimum atomic E-state index is -0.481. The molecule has 4 aromatic carbocycles. The lowest BCUT2D eigenvalue weighted by atomic mass is 9.95. The Balaban J connectivity index is 1.27. The average molecular weight is 686 g/mol. The van der Waals surface area contributed by atoms with E-state index in [1.54, 1.807) is 29.0 Å². The molecule has 48 heavy (non-hydrogen) atoms. The second-order valence-corrected chi connectivity index (χ2v) is 12.6. The number of rotatable bonds is 6. The first kappa shape index (κ1) is 31.7. The Bertz CT molecular complexity index is 2180. The van der Waals surface area contributed by atoms with E-state index < -0.39 is 17.8 Å². The van der Waals surface area contributed by atoms with Gasteiger partial charge in [0, 0.05) is 86.6 Å². The molecule has 0 saturated carbocycles. The molecule has 0 N–H and O–H groups in total. The van der Waals surface area contributed by atoms with Gasteiger partial charge >= 0.3 is 11.9 Å². The van der Waals surface area contributed by atoms with E-state index in [1.807, 2.05) is 48.5 Å². The molecule has 2 atom stereocenters. The van der Waals surface area contributed by atoms with Gasteiger partial charge in [0.1, 0.15) is 17.2 Å². The number of aryl methyl sites for hydroxylation is 1. The molecule has 0 bridgehead atoms. The molecule has 0 fully saturated rings. The Labute approximate surface area is 285 Å². The third-order valence-electron chi connectivity index (χ3n) is 8.95. The second kappa shape index (κ2) is 12.3. The number of aromatic nitrogens is 2. The van der Waals surface area contributed by atoms with Crippen molar-refractivity contribution in [3.8, 4) is 11.5 Å². The smallest absolute Gasteiger partial charge is 0.308 e. The lowest BCUT2D eigenvalue weighted by molar-refractivity contribution is -0.132. The van der Waals surface area contributed by atoms with Gasteiger partial charge in [-0.15, -0.1) is 23.2 Å². The molecular weight excluding hydrogens is 655 g/mol. The number of hydrogen-bond acceptors (Lipinski definition) is 7. The summed E-state index contributed by atoms with van der Waals surface area (Å²) in [7, 11) is 1.61. The molecule has 0 radical (unpaired) electrons. The summed E-state index contributed by atoms with van der Waals surface area (Å²) in [6.07, 6.45) is 0. The molecule has 5 aromatic rings. The van der Waals surface area contributed by atoms with Crippen LogP contribution in [0, 0.1) is 0 Å². The fourth-order valence-electron chi connectivity index (χ4n) is 6.99. The summed E-state index contributed by atoms with van der Waals surface area (Å²) >= 11 is 12.9. The third kappa shape index (κ3) is 5.16. The minimum Gasteiger partial charge on any atom is -0.426 e. The highest BCUT2D eigenvalue weighted by molar-refractivity contribution is 6.20. The number of hydrogen-bond donors (Lipinski definition) is 0. The molecule has 0 spiro atoms. The van der Waals surface area contributed by atoms with Crippen LogP contribution in [0.2, 0.25) is 0 Å². The number of carbonyl (C=O) groups excluding carboxylic acids is 4. The fourth-order valence-corrected chi connectivity index (χ4v) is 7.49. The first-order valence-electron chi connectivity index (χ1n) is 15.4. The van der Waals surface area contributed by atoms with Gasteiger partial charge in [0.25, 0.3) is 11.8 Å². The Hall–Kier alpha value is -4.93. The van der Waals surface area contributed by atoms with Crippen molar-refractivity contribution in [3.05, 3.63) is 89.2 Å². The maximum atomic E-state index is 14.2. The molecule has 0 saturated heterocycles. The molecule has 3 heterocycles. The molecule has 7 rings (SSSR count). The highest BCUT2D eigenvalue weighted by Gasteiger charge is 2.39. The van der Waals surface area contributed by atoms with Crippen LogP contribution in [-0.2, 0) is 16.6 Å². The van der Waals surface area contributed by atoms with Crippen molar-refractivity contribution in [2.75, 3.05) is 34.6 Å². The van der Waals surface area contributed by atoms with Crippen molar-refractivity contribution >= 4 is 79.9 Å². The largest absolute Gasteiger partial charge is 0.426 e. The number of benzene rings is 4. The first-order chi connectivity index (χ1) is 23.1. The number of ether oxygens (including phenoxy) is 2. The average Bonchev–Trinajstić information content (AvgIpc) is 3.77. The second-order valence-electron chi connectivity index (χ2n) is 12.0. The van der Waals surface area contributed by atoms with Crippen LogP contribution in [0.5, 0.6) is 11.5 Å². The summed E-state index contributed by atoms with van der Waals surface area (Å²) in [5, 5.41) is 7.64. The van der Waals surface area contributed by atoms with Gasteiger partial charge in [-0.25, -0.2) is 0 Å². The van der Waals surface area contributed by atoms with Gasteiger partial charge in [0.05, 0.1) is 11.4 Å². The van der Waals surface area contributed by atoms with E-state index in [-0.39, 0.29) is 47.4 Å². The van der Waals surface area contributed by atoms with Crippen LogP contribution in [0.25, 0.3) is 21.5 Å². The molecular formula is C36H30Cl2N4O6. The SMILES string of the molecule is CC(=O)Oc1cc2c(c3ccccc13)C(CCl)CN2C(=O)c1cc(C(=O)N2CC(CCl)c3c2cc(OC(C)=O)c2ccccc32)n(C)n1. The van der Waals surface area contributed by atoms with E-state index in [1.165, 1.54) is 24.6 Å². The molecule has 10 nitrogen and oxygen atoms in total. The van der Waals surface area contributed by atoms with Gasteiger partial charge < -0.3 is 19.3 Å². The number of alkyl halides is 2. The summed E-state index contributed by atoms with van der Waals surface area (Å²) in [6.45, 7) is 3.23. The Morgan fingerprint density at radius 1 is 0.708 bits per heavy atom. The minimum absolute atomic E-state index is 0.0663. The quantitative estimate of drug-likeness (QED) is 0.113. The van der Waals surface area contributed by atoms with Gasteiger partial charge in [0.15, 0.2) is 5.69 Å². The predicted octanol–water partition coefficient (Wildman–Crippen LogP) is 6.54. The van der Waals surface area contributed by atoms with Gasteiger partial charge in [0.2, 0.25) is 0 Å². The fraction of sp³-hybridized carbons (Fsp3) is 0.250. The highest BCUT2D eigenvalue weighted by atomic mass is 35.5. The number of halogens is 2. The topological polar surface area (TPSA) is 111 Å². The Morgan fingerprint density at radius 3 is 1.58 bits per heavy atom. The van der Waals surface area contributed by atoms with Crippen molar-refractivity contribution in [2.24, 2.45) is 7.05 Å². The number of fused-ring (bicyclic) bond motifs is 6. The summed E-state index contributed by atoms with van der Waals surface area (Å²) in [4.78, 5) is 55.5. The zero-order chi connectivity index (χ0) is 33.9. The van der Waals surface area contributed by atoms with E-state index >= 15 is 0 Å². The molecule has 1 aromatic heterocycles. The molecule has 2 aliphatic heterocycles. The van der Waals surface area contributed by atoms with Crippen LogP contribution in [0.3, 0.4) is 0 Å². The normalized spacial score (nSPS) is 16.7. The molecule has 244 valence electrons. The van der Waals surface area contributed by atoms with Crippen molar-refractivity contribution in [1.29, 1.82) is 0 Å². The number of carbonyl (C=O) groups is 4. The van der Waals surface area contributed by atoms with Gasteiger partial charge in [-0.05, 0) is 21.9 Å². The van der Waals surface area contributed by atoms with Crippen molar-refractivity contribution in [2.45, 2.75) is 25.7 Å². The molecule has 2 aliphatic rings. The van der Waals surface area contributed by atoms with Crippen LogP contribution in [-0.4, -0.2) is 58.4 Å². The van der Waals surface area contributed by atoms with Crippen molar-refractivity contribution in [3.63, 3.8) is 0 Å². The van der Waals surface area contributed by atoms with Crippen molar-refractivity contribution < 1.29 is 28.7 Å². The maximum Gasteiger partial charge on any atom is 0.308 e. The van der Waals surface area contributed by atoms with Crippen LogP contribution >= 0.6 is 23.2 Å². The molecule has 2 unspecified atom stereocenters. The van der Waals surface area contributed by atoms with E-state index in [9.17, 15) is 19.2 Å². The third-order valence-corrected chi connectivity index (χ3v) is 9.69. The van der Waals surface area contributed by atoms with Gasteiger partial charge in [-0.2, -0.15) is 5.10 Å². The van der Waals surface area contributed by atoms with E-state index in [2.05, 4.69) is 5.10 Å². The monoisotopic (exact) mass is 684 g/mol. The molecule has 2 amide bonds. The summed E-state index contributed by atoms with van der Waals surface area (Å²) < 4.78 is 12.5. The van der Waals surface area contributed by atoms with Crippen LogP contribution in [0.1, 0.15) is 57.8 Å². The zero-order valence-electron chi connectivity index (χ0n) is 26.3. The number of esters is 2. The first-order valence-corrected chi connectivity index (χ1v) is 16.5. The number of anilines is 2. The Morgan fingerprint density at radius 2 is 1.15 bits per heavy atom. The standard InChI is InChI=1S/C36H30Cl2N4O6/c1-19(43)47-31-13-28-33(25-10-6-4-8-23(25)31)21(15-37)17-41(28)35(45)27-12-30(40(3)39-27)36(46)42-18-22(16-38)34-26-11-7-5-9-24(26)32(14-29(34)42)48-20(2)44/h4-14,21-22H,15-18H2,1-3H3. The molecule has 12 heteroatoms. The summed E-state index contributed by atoms with van der Waals surface area (Å²) in [6, 6.07) is 19.9. The zero-order valence-corrected chi connectivity index (χ0v) is 27.8. The van der Waals surface area contributed by atoms with E-state index in [0.29, 0.717) is 29.4 Å². The number of amides is 2. The lowest BCUT2D eigenvalue weighted by Crippen LogP contribution is -2.31. The molecule has 0 aliphatic carbocycles. The van der Waals surface area contributed by atoms with Crippen molar-refractivity contribution in [1.82, 2.24) is 9.78 Å². The summed E-state index contributed by atoms with van der Waals surface area (Å²) in [5.74, 6) is -0.915. The summed E-state index contributed by atoms with van der Waals surface area (Å²) in [5.41, 5.74) is 3.18. The van der Waals surface area contributed by atoms with Crippen LogP contribution in [0.15, 0.2) is 66.7 Å². The highest BCUT2D eigenvalue weighted by Crippen LogP contribution is 2.47. The van der Waals surface area contributed by atoms with E-state index in [0.717, 1.165) is 32.7 Å². The lowest BCUT2D eigenvalue weighted by Gasteiger charge is -2.19. The van der Waals surface area contributed by atoms with E-state index in [4.69, 9.17) is 32.7 Å². The Kier molecular flexibility index (Phi) is 8.09. The van der Waals surface area contributed by atoms with Gasteiger partial charge in [-0.3, -0.25) is 23.9 Å². The predicted molar refractivity (Wildman–Crippen MR) is 184 cm³/mol. The van der Waals surface area contributed by atoms with Crippen LogP contribution < -0.4 is 19.3 Å².